The smallest absolute Gasteiger partial charge is 0.326 e. The van der Waals surface area contributed by atoms with Crippen LogP contribution in [0.4, 0.5) is 0 Å². The Hall–Kier alpha value is -4.62. The molecule has 6 heteroatoms. The van der Waals surface area contributed by atoms with Crippen LogP contribution in [-0.4, -0.2) is 0 Å². The Morgan fingerprint density at radius 3 is 0.731 bits per heavy atom. The van der Waals surface area contributed by atoms with Crippen LogP contribution in [0.2, 0.25) is 0 Å². The molecule has 0 unspecified atom stereocenters. The number of rotatable bonds is 11. The van der Waals surface area contributed by atoms with Gasteiger partial charge in [0, 0.05) is 22.3 Å². The second-order valence-corrected chi connectivity index (χ2v) is 33.4. The van der Waals surface area contributed by atoms with Gasteiger partial charge in [-0.25, -0.2) is 0 Å². The molecule has 0 N–H and O–H groups in total. The molecule has 0 amide bonds. The number of hydrogen-bond acceptors (Lipinski definition) is 4. The maximum Gasteiger partial charge on any atom is 0.326 e. The van der Waals surface area contributed by atoms with Crippen LogP contribution in [0.1, 0.15) is 233 Å². The topological polar surface area (TPSA) is 36.9 Å². The highest BCUT2D eigenvalue weighted by atomic mass is 31.2. The van der Waals surface area contributed by atoms with E-state index in [0.29, 0.717) is 0 Å². The lowest BCUT2D eigenvalue weighted by Crippen LogP contribution is -2.21. The summed E-state index contributed by atoms with van der Waals surface area (Å²) in [6, 6.07) is 36.1. The fourth-order valence-electron chi connectivity index (χ4n) is 10.8. The van der Waals surface area contributed by atoms with E-state index in [0.717, 1.165) is 44.7 Å². The third-order valence-electron chi connectivity index (χ3n) is 15.0. The van der Waals surface area contributed by atoms with E-state index in [9.17, 15) is 0 Å². The Labute approximate surface area is 478 Å². The van der Waals surface area contributed by atoms with Gasteiger partial charge in [0.2, 0.25) is 0 Å². The lowest BCUT2D eigenvalue weighted by Gasteiger charge is -2.32. The van der Waals surface area contributed by atoms with Crippen molar-refractivity contribution >= 4 is 27.4 Å². The summed E-state index contributed by atoms with van der Waals surface area (Å²) in [5.74, 6) is 3.44. The van der Waals surface area contributed by atoms with Crippen molar-refractivity contribution in [1.29, 1.82) is 0 Å². The third kappa shape index (κ3) is 14.6. The molecule has 422 valence electrons. The summed E-state index contributed by atoms with van der Waals surface area (Å²) in [5, 5.41) is 1.98. The maximum atomic E-state index is 7.42. The summed E-state index contributed by atoms with van der Waals surface area (Å²) in [6.45, 7) is 63.6. The first-order chi connectivity index (χ1) is 35.3. The molecule has 0 bridgehead atoms. The monoisotopic (exact) mass is 1090 g/mol. The molecule has 0 heterocycles. The van der Waals surface area contributed by atoms with Crippen molar-refractivity contribution in [2.75, 3.05) is 0 Å². The molecular weight excluding hydrogens is 991 g/mol. The molecule has 6 aromatic rings. The molecule has 0 aromatic heterocycles. The van der Waals surface area contributed by atoms with Crippen molar-refractivity contribution in [1.82, 2.24) is 0 Å². The maximum absolute atomic E-state index is 7.42. The Kier molecular flexibility index (Phi) is 17.7. The first-order valence-electron chi connectivity index (χ1n) is 28.5. The summed E-state index contributed by atoms with van der Waals surface area (Å²) >= 11 is 0. The minimum absolute atomic E-state index is 0.0252. The molecule has 4 nitrogen and oxygen atoms in total. The quantitative estimate of drug-likeness (QED) is 0.121. The van der Waals surface area contributed by atoms with Crippen molar-refractivity contribution in [2.45, 2.75) is 237 Å². The van der Waals surface area contributed by atoms with Gasteiger partial charge in [-0.3, -0.25) is 0 Å². The number of benzene rings is 6. The van der Waals surface area contributed by atoms with E-state index in [1.54, 1.807) is 0 Å². The lowest BCUT2D eigenvalue weighted by atomic mass is 9.78. The molecule has 6 aromatic carbocycles. The minimum Gasteiger partial charge on any atom is -0.435 e. The Balaban J connectivity index is 1.53. The van der Waals surface area contributed by atoms with E-state index >= 15 is 0 Å². The molecule has 0 radical (unpaired) electrons. The van der Waals surface area contributed by atoms with Gasteiger partial charge in [-0.05, 0) is 175 Å². The van der Waals surface area contributed by atoms with Crippen molar-refractivity contribution in [3.8, 4) is 34.1 Å². The zero-order valence-electron chi connectivity index (χ0n) is 53.8. The Morgan fingerprint density at radius 1 is 0.244 bits per heavy atom. The Bertz CT molecular complexity index is 2950. The van der Waals surface area contributed by atoms with Gasteiger partial charge in [-0.15, -0.1) is 0 Å². The van der Waals surface area contributed by atoms with Gasteiger partial charge < -0.3 is 18.1 Å². The molecule has 78 heavy (non-hydrogen) atoms. The van der Waals surface area contributed by atoms with Crippen LogP contribution < -0.4 is 28.7 Å². The zero-order chi connectivity index (χ0) is 58.8. The first kappa shape index (κ1) is 62.6. The molecule has 0 saturated heterocycles. The molecule has 0 spiro atoms. The largest absolute Gasteiger partial charge is 0.435 e. The molecule has 0 saturated carbocycles. The third-order valence-corrected chi connectivity index (χ3v) is 17.8. The molecule has 6 rings (SSSR count). The van der Waals surface area contributed by atoms with E-state index < -0.39 is 16.8 Å². The fourth-order valence-corrected chi connectivity index (χ4v) is 13.4. The van der Waals surface area contributed by atoms with Gasteiger partial charge >= 0.3 is 16.8 Å². The van der Waals surface area contributed by atoms with Gasteiger partial charge in [0.05, 0.1) is 10.6 Å². The van der Waals surface area contributed by atoms with Crippen LogP contribution in [0.25, 0.3) is 11.1 Å². The van der Waals surface area contributed by atoms with Gasteiger partial charge in [-0.1, -0.05) is 215 Å². The van der Waals surface area contributed by atoms with Crippen LogP contribution in [-0.2, 0) is 43.3 Å². The van der Waals surface area contributed by atoms with E-state index in [4.69, 9.17) is 18.1 Å². The van der Waals surface area contributed by atoms with Gasteiger partial charge in [0.1, 0.15) is 23.0 Å². The first-order valence-corrected chi connectivity index (χ1v) is 30.9. The predicted molar refractivity (Wildman–Crippen MR) is 342 cm³/mol. The second kappa shape index (κ2) is 22.0. The molecular formula is C72H100O4P2. The van der Waals surface area contributed by atoms with Gasteiger partial charge in [0.15, 0.2) is 0 Å². The summed E-state index contributed by atoms with van der Waals surface area (Å²) in [6.07, 6.45) is 0. The van der Waals surface area contributed by atoms with E-state index in [1.807, 2.05) is 0 Å². The van der Waals surface area contributed by atoms with Crippen molar-refractivity contribution in [3.63, 3.8) is 0 Å². The summed E-state index contributed by atoms with van der Waals surface area (Å²) in [4.78, 5) is 0. The van der Waals surface area contributed by atoms with Crippen molar-refractivity contribution < 1.29 is 18.1 Å². The molecule has 0 aliphatic heterocycles. The SMILES string of the molecule is Cc1cc(OP(Oc2cc(C)c(C(C)(C)C)cc2C(C)(C)C)c2ccc(-c3cccc(P(Oc4cc(C)c(C(C)(C)C)cc4C(C)(C)C)Oc4cc(C)c(C(C)(C)C)cc4C(C)(C)C)c3)cc2)c(C(C)(C)C)cc1C(C)(C)C. The summed E-state index contributed by atoms with van der Waals surface area (Å²) in [7, 11) is -3.38. The van der Waals surface area contributed by atoms with Crippen LogP contribution in [0.3, 0.4) is 0 Å². The van der Waals surface area contributed by atoms with Crippen LogP contribution >= 0.6 is 16.8 Å². The van der Waals surface area contributed by atoms with Crippen molar-refractivity contribution in [3.05, 3.63) is 164 Å². The van der Waals surface area contributed by atoms with E-state index in [-0.39, 0.29) is 43.3 Å². The van der Waals surface area contributed by atoms with Crippen molar-refractivity contribution in [2.24, 2.45) is 0 Å². The Morgan fingerprint density at radius 2 is 0.487 bits per heavy atom. The number of hydrogen-bond donors (Lipinski definition) is 0. The fraction of sp³-hybridized carbons (Fsp3) is 0.500. The highest BCUT2D eigenvalue weighted by Crippen LogP contribution is 2.51. The summed E-state index contributed by atoms with van der Waals surface area (Å²) in [5.41, 5.74) is 16.1. The van der Waals surface area contributed by atoms with Crippen LogP contribution in [0.15, 0.2) is 97.1 Å². The average Bonchev–Trinajstić information content (AvgIpc) is 3.26. The average molecular weight is 1090 g/mol. The molecule has 0 aliphatic rings. The standard InChI is InChI=1S/C72H100O4P2/c1-45-36-61(57(69(17,18)19)41-53(45)65(5,6)7)73-77(74-62-37-46(2)54(66(8,9)10)42-58(62)70(20,21)22)51-34-32-49(33-35-51)50-30-29-31-52(40-50)78(75-63-38-47(3)55(67(11,12)13)43-59(63)71(23,24)25)76-64-39-48(4)56(68(14,15)16)44-60(64)72(26,27)28/h29-44H,1-28H3. The number of aryl methyl sites for hydroxylation is 4. The highest BCUT2D eigenvalue weighted by Gasteiger charge is 2.34. The lowest BCUT2D eigenvalue weighted by molar-refractivity contribution is 0.464. The van der Waals surface area contributed by atoms with Gasteiger partial charge in [-0.2, -0.15) is 0 Å². The normalized spacial score (nSPS) is 13.4. The minimum atomic E-state index is -1.70. The molecule has 0 aliphatic carbocycles. The van der Waals surface area contributed by atoms with E-state index in [1.165, 1.54) is 66.8 Å². The highest BCUT2D eigenvalue weighted by molar-refractivity contribution is 7.57. The van der Waals surface area contributed by atoms with E-state index in [2.05, 4.69) is 291 Å². The second-order valence-electron chi connectivity index (χ2n) is 30.6. The zero-order valence-corrected chi connectivity index (χ0v) is 55.6. The summed E-state index contributed by atoms with van der Waals surface area (Å²) < 4.78 is 29.6. The van der Waals surface area contributed by atoms with Crippen LogP contribution in [0.5, 0.6) is 23.0 Å². The van der Waals surface area contributed by atoms with Crippen LogP contribution in [0, 0.1) is 27.7 Å². The van der Waals surface area contributed by atoms with Gasteiger partial charge in [0.25, 0.3) is 0 Å². The predicted octanol–water partition coefficient (Wildman–Crippen LogP) is 21.2. The molecule has 0 atom stereocenters. The molecule has 0 fully saturated rings.